The van der Waals surface area contributed by atoms with Gasteiger partial charge in [-0.25, -0.2) is 9.59 Å². The average Bonchev–Trinajstić information content (AvgIpc) is 2.11. The van der Waals surface area contributed by atoms with E-state index in [4.69, 9.17) is 10.2 Å². The lowest BCUT2D eigenvalue weighted by molar-refractivity contribution is 0.142. The third-order valence-corrected chi connectivity index (χ3v) is 1.71. The molecule has 0 bridgehead atoms. The van der Waals surface area contributed by atoms with E-state index in [0.29, 0.717) is 11.4 Å². The Kier molecular flexibility index (Phi) is 3.29. The second-order valence-electron chi connectivity index (χ2n) is 2.89. The molecule has 0 aliphatic carbocycles. The Morgan fingerprint density at radius 1 is 1.06 bits per heavy atom. The van der Waals surface area contributed by atoms with Crippen LogP contribution in [0.5, 0.6) is 11.5 Å². The molecule has 0 amide bonds. The van der Waals surface area contributed by atoms with Gasteiger partial charge >= 0.3 is 12.3 Å². The Bertz CT molecular complexity index is 405. The molecule has 7 nitrogen and oxygen atoms in total. The number of rotatable bonds is 2. The smallest absolute Gasteiger partial charge is 0.449 e. The molecule has 0 saturated carbocycles. The van der Waals surface area contributed by atoms with Gasteiger partial charge in [-0.2, -0.15) is 0 Å². The molecule has 2 N–H and O–H groups in total. The van der Waals surface area contributed by atoms with Gasteiger partial charge in [0.2, 0.25) is 0 Å². The molecule has 0 unspecified atom stereocenters. The largest absolute Gasteiger partial charge is 0.511 e. The summed E-state index contributed by atoms with van der Waals surface area (Å²) >= 11 is 0. The molecule has 0 radical (unpaired) electrons. The first-order chi connectivity index (χ1) is 7.40. The zero-order valence-electron chi connectivity index (χ0n) is 8.55. The van der Waals surface area contributed by atoms with Gasteiger partial charge in [0.15, 0.2) is 11.5 Å². The minimum Gasteiger partial charge on any atom is -0.449 e. The number of hydrogen-bond donors (Lipinski definition) is 2. The summed E-state index contributed by atoms with van der Waals surface area (Å²) in [4.78, 5) is 24.6. The van der Waals surface area contributed by atoms with Crippen molar-refractivity contribution in [1.82, 2.24) is 4.98 Å². The van der Waals surface area contributed by atoms with E-state index in [-0.39, 0.29) is 11.5 Å². The van der Waals surface area contributed by atoms with Gasteiger partial charge in [-0.15, -0.1) is 0 Å². The van der Waals surface area contributed by atoms with Crippen LogP contribution in [0.25, 0.3) is 0 Å². The Morgan fingerprint density at radius 2 is 1.44 bits per heavy atom. The number of hydrogen-bond acceptors (Lipinski definition) is 5. The van der Waals surface area contributed by atoms with Crippen molar-refractivity contribution in [3.63, 3.8) is 0 Å². The predicted molar refractivity (Wildman–Crippen MR) is 51.0 cm³/mol. The van der Waals surface area contributed by atoms with E-state index < -0.39 is 12.3 Å². The second-order valence-corrected chi connectivity index (χ2v) is 2.89. The zero-order valence-corrected chi connectivity index (χ0v) is 8.55. The summed E-state index contributed by atoms with van der Waals surface area (Å²) in [6.45, 7) is 3.08. The summed E-state index contributed by atoms with van der Waals surface area (Å²) in [6.07, 6.45) is -3.01. The molecule has 0 aliphatic rings. The van der Waals surface area contributed by atoms with Gasteiger partial charge in [0.1, 0.15) is 0 Å². The molecule has 0 spiro atoms. The lowest BCUT2D eigenvalue weighted by Crippen LogP contribution is -2.09. The number of aryl methyl sites for hydroxylation is 2. The minimum absolute atomic E-state index is 0.0608. The normalized spacial score (nSPS) is 9.62. The third-order valence-electron chi connectivity index (χ3n) is 1.71. The SMILES string of the molecule is Cc1nc(C)c(OC(=O)O)cc1OC(=O)O. The highest BCUT2D eigenvalue weighted by Gasteiger charge is 2.13. The summed E-state index contributed by atoms with van der Waals surface area (Å²) in [5.74, 6) is -0.122. The van der Waals surface area contributed by atoms with E-state index in [1.807, 2.05) is 0 Å². The lowest BCUT2D eigenvalue weighted by atomic mass is 10.3. The standard InChI is InChI=1S/C9H9NO6/c1-4-6(15-8(11)12)3-7(5(2)10-4)16-9(13)14/h3H,1-2H3,(H,11,12)(H,13,14). The third kappa shape index (κ3) is 2.84. The van der Waals surface area contributed by atoms with Crippen molar-refractivity contribution in [1.29, 1.82) is 0 Å². The van der Waals surface area contributed by atoms with Crippen LogP contribution in [-0.2, 0) is 0 Å². The van der Waals surface area contributed by atoms with Crippen LogP contribution in [0, 0.1) is 13.8 Å². The van der Waals surface area contributed by atoms with E-state index in [2.05, 4.69) is 14.5 Å². The molecule has 1 heterocycles. The molecular weight excluding hydrogens is 218 g/mol. The van der Waals surface area contributed by atoms with Crippen molar-refractivity contribution in [2.75, 3.05) is 0 Å². The average molecular weight is 227 g/mol. The first-order valence-corrected chi connectivity index (χ1v) is 4.20. The van der Waals surface area contributed by atoms with E-state index in [1.54, 1.807) is 0 Å². The molecule has 0 fully saturated rings. The fourth-order valence-electron chi connectivity index (χ4n) is 1.08. The maximum absolute atomic E-state index is 10.3. The summed E-state index contributed by atoms with van der Waals surface area (Å²) in [5.41, 5.74) is 0.662. The van der Waals surface area contributed by atoms with E-state index >= 15 is 0 Å². The molecule has 1 aromatic rings. The molecule has 1 rings (SSSR count). The molecule has 0 aromatic carbocycles. The van der Waals surface area contributed by atoms with Crippen LogP contribution >= 0.6 is 0 Å². The summed E-state index contributed by atoms with van der Waals surface area (Å²) < 4.78 is 8.81. The number of carboxylic acid groups (broad SMARTS) is 2. The Morgan fingerprint density at radius 3 is 1.75 bits per heavy atom. The quantitative estimate of drug-likeness (QED) is 0.742. The van der Waals surface area contributed by atoms with Crippen LogP contribution in [-0.4, -0.2) is 27.5 Å². The number of nitrogens with zero attached hydrogens (tertiary/aromatic N) is 1. The summed E-state index contributed by atoms with van der Waals surface area (Å²) in [7, 11) is 0. The minimum atomic E-state index is -1.50. The molecular formula is C9H9NO6. The molecule has 16 heavy (non-hydrogen) atoms. The summed E-state index contributed by atoms with van der Waals surface area (Å²) in [6, 6.07) is 1.17. The lowest BCUT2D eigenvalue weighted by Gasteiger charge is -2.08. The first kappa shape index (κ1) is 11.8. The Hall–Kier alpha value is -2.31. The van der Waals surface area contributed by atoms with E-state index in [9.17, 15) is 9.59 Å². The number of aromatic nitrogens is 1. The Balaban J connectivity index is 3.10. The fraction of sp³-hybridized carbons (Fsp3) is 0.222. The number of pyridine rings is 1. The highest BCUT2D eigenvalue weighted by atomic mass is 16.7. The van der Waals surface area contributed by atoms with Gasteiger partial charge in [-0.05, 0) is 13.8 Å². The molecule has 0 atom stereocenters. The highest BCUT2D eigenvalue weighted by Crippen LogP contribution is 2.25. The Labute approximate surface area is 90.2 Å². The van der Waals surface area contributed by atoms with Gasteiger partial charge < -0.3 is 19.7 Å². The van der Waals surface area contributed by atoms with Crippen LogP contribution in [0.2, 0.25) is 0 Å². The monoisotopic (exact) mass is 227 g/mol. The fourth-order valence-corrected chi connectivity index (χ4v) is 1.08. The van der Waals surface area contributed by atoms with Crippen molar-refractivity contribution >= 4 is 12.3 Å². The van der Waals surface area contributed by atoms with Gasteiger partial charge in [0.05, 0.1) is 11.4 Å². The number of ether oxygens (including phenoxy) is 2. The van der Waals surface area contributed by atoms with Crippen molar-refractivity contribution < 1.29 is 29.3 Å². The first-order valence-electron chi connectivity index (χ1n) is 4.20. The molecule has 86 valence electrons. The summed E-state index contributed by atoms with van der Waals surface area (Å²) in [5, 5.41) is 16.9. The van der Waals surface area contributed by atoms with Crippen LogP contribution in [0.1, 0.15) is 11.4 Å². The van der Waals surface area contributed by atoms with E-state index in [1.165, 1.54) is 19.9 Å². The van der Waals surface area contributed by atoms with Gasteiger partial charge in [-0.1, -0.05) is 0 Å². The van der Waals surface area contributed by atoms with Crippen molar-refractivity contribution in [3.8, 4) is 11.5 Å². The van der Waals surface area contributed by atoms with Crippen LogP contribution in [0.4, 0.5) is 9.59 Å². The molecule has 0 aliphatic heterocycles. The van der Waals surface area contributed by atoms with E-state index in [0.717, 1.165) is 0 Å². The van der Waals surface area contributed by atoms with Gasteiger partial charge in [-0.3, -0.25) is 4.98 Å². The maximum Gasteiger partial charge on any atom is 0.511 e. The highest BCUT2D eigenvalue weighted by molar-refractivity contribution is 5.64. The van der Waals surface area contributed by atoms with Crippen molar-refractivity contribution in [3.05, 3.63) is 17.5 Å². The van der Waals surface area contributed by atoms with Crippen molar-refractivity contribution in [2.24, 2.45) is 0 Å². The number of carbonyl (C=O) groups is 2. The van der Waals surface area contributed by atoms with Crippen molar-refractivity contribution in [2.45, 2.75) is 13.8 Å². The molecule has 0 saturated heterocycles. The topological polar surface area (TPSA) is 106 Å². The van der Waals surface area contributed by atoms with Gasteiger partial charge in [0.25, 0.3) is 0 Å². The molecule has 1 aromatic heterocycles. The zero-order chi connectivity index (χ0) is 12.3. The van der Waals surface area contributed by atoms with Crippen LogP contribution in [0.3, 0.4) is 0 Å². The molecule has 7 heteroatoms. The maximum atomic E-state index is 10.3. The van der Waals surface area contributed by atoms with Gasteiger partial charge in [0, 0.05) is 6.07 Å². The second kappa shape index (κ2) is 4.47. The van der Waals surface area contributed by atoms with Crippen LogP contribution in [0.15, 0.2) is 6.07 Å². The van der Waals surface area contributed by atoms with Crippen LogP contribution < -0.4 is 9.47 Å². The predicted octanol–water partition coefficient (Wildman–Crippen LogP) is 1.81.